The molecule has 2 N–H and O–H groups in total. The number of ether oxygens (including phenoxy) is 1. The van der Waals surface area contributed by atoms with Crippen LogP contribution in [-0.2, 0) is 0 Å². The first-order chi connectivity index (χ1) is 13.6. The van der Waals surface area contributed by atoms with Crippen molar-refractivity contribution in [1.82, 2.24) is 20.3 Å². The van der Waals surface area contributed by atoms with Gasteiger partial charge in [-0.05, 0) is 25.1 Å². The molecule has 5 rings (SSSR count). The van der Waals surface area contributed by atoms with Crippen molar-refractivity contribution in [1.29, 1.82) is 0 Å². The molecule has 9 heteroatoms. The summed E-state index contributed by atoms with van der Waals surface area (Å²) >= 11 is 5.86. The van der Waals surface area contributed by atoms with E-state index >= 15 is 0 Å². The number of amides is 1. The molecule has 8 nitrogen and oxygen atoms in total. The summed E-state index contributed by atoms with van der Waals surface area (Å²) in [5.74, 6) is 0.723. The van der Waals surface area contributed by atoms with Crippen LogP contribution in [0.3, 0.4) is 0 Å². The number of hydrogen-bond donors (Lipinski definition) is 2. The highest BCUT2D eigenvalue weighted by atomic mass is 35.5. The van der Waals surface area contributed by atoms with Gasteiger partial charge in [-0.15, -0.1) is 0 Å². The molecule has 0 saturated heterocycles. The minimum absolute atomic E-state index is 0.00191. The van der Waals surface area contributed by atoms with Gasteiger partial charge >= 0.3 is 0 Å². The van der Waals surface area contributed by atoms with Crippen molar-refractivity contribution in [3.05, 3.63) is 47.6 Å². The quantitative estimate of drug-likeness (QED) is 0.498. The Morgan fingerprint density at radius 1 is 1.21 bits per heavy atom. The van der Waals surface area contributed by atoms with Crippen LogP contribution in [0.5, 0.6) is 11.8 Å². The largest absolute Gasteiger partial charge is 0.449 e. The Morgan fingerprint density at radius 3 is 2.96 bits per heavy atom. The van der Waals surface area contributed by atoms with Crippen LogP contribution >= 0.6 is 11.6 Å². The molecule has 4 heterocycles. The summed E-state index contributed by atoms with van der Waals surface area (Å²) in [7, 11) is 0. The van der Waals surface area contributed by atoms with E-state index in [1.165, 1.54) is 12.4 Å². The minimum atomic E-state index is -0.231. The summed E-state index contributed by atoms with van der Waals surface area (Å²) in [4.78, 5) is 24.8. The van der Waals surface area contributed by atoms with Crippen molar-refractivity contribution in [3.8, 4) is 11.8 Å². The number of pyridine rings is 1. The fraction of sp³-hybridized carbons (Fsp3) is 0.158. The van der Waals surface area contributed by atoms with Crippen molar-refractivity contribution in [3.63, 3.8) is 0 Å². The monoisotopic (exact) mass is 395 g/mol. The summed E-state index contributed by atoms with van der Waals surface area (Å²) in [5.41, 5.74) is 2.00. The molecule has 1 aliphatic heterocycles. The number of nitrogens with zero attached hydrogens (tertiary/aromatic N) is 3. The maximum atomic E-state index is 12.4. The number of furan rings is 1. The second-order valence-corrected chi connectivity index (χ2v) is 6.88. The topological polar surface area (TPSA) is 102 Å². The van der Waals surface area contributed by atoms with Gasteiger partial charge in [-0.1, -0.05) is 11.6 Å². The second kappa shape index (κ2) is 6.35. The summed E-state index contributed by atoms with van der Waals surface area (Å²) in [6, 6.07) is 8.74. The van der Waals surface area contributed by atoms with Gasteiger partial charge in [-0.2, -0.15) is 0 Å². The Bertz CT molecular complexity index is 1240. The van der Waals surface area contributed by atoms with Crippen molar-refractivity contribution >= 4 is 45.1 Å². The number of rotatable bonds is 2. The molecule has 140 valence electrons. The third-order valence-electron chi connectivity index (χ3n) is 4.48. The Hall–Kier alpha value is -3.39. The molecule has 1 aliphatic rings. The number of benzene rings is 1. The Labute approximate surface area is 163 Å². The molecule has 1 amide bonds. The van der Waals surface area contributed by atoms with Gasteiger partial charge < -0.3 is 19.8 Å². The highest BCUT2D eigenvalue weighted by Gasteiger charge is 2.26. The van der Waals surface area contributed by atoms with E-state index in [9.17, 15) is 4.79 Å². The van der Waals surface area contributed by atoms with Gasteiger partial charge in [0.2, 0.25) is 17.5 Å². The minimum Gasteiger partial charge on any atom is -0.449 e. The number of carbonyl (C=O) groups excluding carboxylic acids is 1. The van der Waals surface area contributed by atoms with E-state index in [4.69, 9.17) is 20.8 Å². The maximum Gasteiger partial charge on any atom is 0.289 e. The molecule has 0 unspecified atom stereocenters. The average molecular weight is 396 g/mol. The predicted octanol–water partition coefficient (Wildman–Crippen LogP) is 3.76. The maximum absolute atomic E-state index is 12.4. The molecule has 0 spiro atoms. The highest BCUT2D eigenvalue weighted by Crippen LogP contribution is 2.37. The lowest BCUT2D eigenvalue weighted by Gasteiger charge is -2.09. The van der Waals surface area contributed by atoms with E-state index in [2.05, 4.69) is 25.6 Å². The third-order valence-corrected chi connectivity index (χ3v) is 4.69. The van der Waals surface area contributed by atoms with Crippen molar-refractivity contribution in [2.45, 2.75) is 13.0 Å². The highest BCUT2D eigenvalue weighted by molar-refractivity contribution is 6.29. The first kappa shape index (κ1) is 16.8. The van der Waals surface area contributed by atoms with Crippen LogP contribution in [0.2, 0.25) is 5.15 Å². The summed E-state index contributed by atoms with van der Waals surface area (Å²) in [5, 5.41) is 8.16. The van der Waals surface area contributed by atoms with E-state index in [1.54, 1.807) is 12.1 Å². The predicted molar refractivity (Wildman–Crippen MR) is 104 cm³/mol. The molecule has 0 saturated carbocycles. The molecule has 0 fully saturated rings. The fourth-order valence-electron chi connectivity index (χ4n) is 3.24. The number of halogens is 1. The van der Waals surface area contributed by atoms with Crippen LogP contribution in [0.15, 0.2) is 41.1 Å². The second-order valence-electron chi connectivity index (χ2n) is 6.50. The first-order valence-electron chi connectivity index (χ1n) is 8.65. The van der Waals surface area contributed by atoms with Gasteiger partial charge in [0.25, 0.3) is 5.91 Å². The Balaban J connectivity index is 1.62. The molecular formula is C19H14ClN5O3. The van der Waals surface area contributed by atoms with Crippen molar-refractivity contribution in [2.75, 3.05) is 11.9 Å². The van der Waals surface area contributed by atoms with E-state index in [-0.39, 0.29) is 22.9 Å². The molecular weight excluding hydrogens is 382 g/mol. The normalized spacial score (nSPS) is 16.4. The molecule has 28 heavy (non-hydrogen) atoms. The molecule has 1 aromatic carbocycles. The van der Waals surface area contributed by atoms with Crippen LogP contribution in [0.1, 0.15) is 17.5 Å². The fourth-order valence-corrected chi connectivity index (χ4v) is 3.38. The third kappa shape index (κ3) is 2.78. The van der Waals surface area contributed by atoms with Crippen molar-refractivity contribution < 1.29 is 13.9 Å². The average Bonchev–Trinajstić information content (AvgIpc) is 2.99. The number of anilines is 1. The van der Waals surface area contributed by atoms with E-state index < -0.39 is 0 Å². The van der Waals surface area contributed by atoms with Gasteiger partial charge in [0, 0.05) is 30.1 Å². The number of fused-ring (bicyclic) bond motifs is 5. The lowest BCUT2D eigenvalue weighted by molar-refractivity contribution is 0.0920. The number of carbonyl (C=O) groups is 1. The van der Waals surface area contributed by atoms with Gasteiger partial charge in [-0.25, -0.2) is 15.0 Å². The van der Waals surface area contributed by atoms with Crippen LogP contribution in [0.4, 0.5) is 5.69 Å². The van der Waals surface area contributed by atoms with Crippen LogP contribution in [0, 0.1) is 0 Å². The zero-order valence-corrected chi connectivity index (χ0v) is 15.4. The lowest BCUT2D eigenvalue weighted by atomic mass is 10.1. The summed E-state index contributed by atoms with van der Waals surface area (Å²) in [6.45, 7) is 2.54. The number of hydrogen-bond acceptors (Lipinski definition) is 7. The number of nitrogens with one attached hydrogen (secondary N) is 2. The molecule has 0 bridgehead atoms. The van der Waals surface area contributed by atoms with Gasteiger partial charge in [0.15, 0.2) is 0 Å². The van der Waals surface area contributed by atoms with Gasteiger partial charge in [-0.3, -0.25) is 4.79 Å². The van der Waals surface area contributed by atoms with E-state index in [1.807, 2.05) is 19.1 Å². The summed E-state index contributed by atoms with van der Waals surface area (Å²) in [6.07, 6.45) is 1.32. The molecule has 3 aromatic heterocycles. The molecule has 4 aromatic rings. The molecule has 1 atom stereocenters. The van der Waals surface area contributed by atoms with Crippen LogP contribution in [0.25, 0.3) is 21.9 Å². The standard InChI is InChI=1S/C19H14ClN5O3/c1-9-7-21-17-16-10-2-5-14(28-15-6-13(20)22-8-23-15)25-11(10)3-4-12(16)27-18(17)19(26)24-9/h2-6,8-9,21H,7H2,1H3,(H,24,26)/t9-/m1/s1. The summed E-state index contributed by atoms with van der Waals surface area (Å²) < 4.78 is 11.5. The van der Waals surface area contributed by atoms with E-state index in [0.29, 0.717) is 35.1 Å². The molecule has 0 radical (unpaired) electrons. The van der Waals surface area contributed by atoms with E-state index in [0.717, 1.165) is 10.8 Å². The zero-order valence-electron chi connectivity index (χ0n) is 14.7. The zero-order chi connectivity index (χ0) is 19.3. The van der Waals surface area contributed by atoms with Gasteiger partial charge in [0.05, 0.1) is 16.6 Å². The first-order valence-corrected chi connectivity index (χ1v) is 9.02. The Kier molecular flexibility index (Phi) is 3.80. The molecule has 0 aliphatic carbocycles. The Morgan fingerprint density at radius 2 is 2.11 bits per heavy atom. The van der Waals surface area contributed by atoms with Crippen LogP contribution in [-0.4, -0.2) is 33.4 Å². The van der Waals surface area contributed by atoms with Crippen molar-refractivity contribution in [2.24, 2.45) is 0 Å². The lowest BCUT2D eigenvalue weighted by Crippen LogP contribution is -2.34. The van der Waals surface area contributed by atoms with Crippen LogP contribution < -0.4 is 15.4 Å². The SMILES string of the molecule is C[C@@H]1CNc2c(oc3ccc4nc(Oc5cc(Cl)ncn5)ccc4c23)C(=O)N1. The smallest absolute Gasteiger partial charge is 0.289 e. The van der Waals surface area contributed by atoms with Gasteiger partial charge in [0.1, 0.15) is 17.1 Å². The number of aromatic nitrogens is 3.